The third-order valence-electron chi connectivity index (χ3n) is 2.92. The molecule has 0 aromatic heterocycles. The third-order valence-corrected chi connectivity index (χ3v) is 3.53. The minimum absolute atomic E-state index is 0.405. The van der Waals surface area contributed by atoms with Crippen molar-refractivity contribution < 1.29 is 4.79 Å². The Morgan fingerprint density at radius 3 is 2.62 bits per heavy atom. The minimum atomic E-state index is -0.483. The van der Waals surface area contributed by atoms with Gasteiger partial charge in [0.2, 0.25) is 5.91 Å². The Morgan fingerprint density at radius 1 is 1.19 bits per heavy atom. The molecule has 0 spiro atoms. The van der Waals surface area contributed by atoms with Crippen LogP contribution in [0.2, 0.25) is 5.02 Å². The van der Waals surface area contributed by atoms with E-state index in [1.54, 1.807) is 24.3 Å². The lowest BCUT2D eigenvalue weighted by atomic mass is 10.2. The minimum Gasteiger partial charge on any atom is -0.366 e. The topological polar surface area (TPSA) is 67.2 Å². The predicted octanol–water partition coefficient (Wildman–Crippen LogP) is 3.56. The van der Waals surface area contributed by atoms with Gasteiger partial charge in [0.1, 0.15) is 0 Å². The van der Waals surface area contributed by atoms with Gasteiger partial charge in [-0.1, -0.05) is 23.7 Å². The molecule has 0 saturated carbocycles. The second-order valence-electron chi connectivity index (χ2n) is 4.44. The van der Waals surface area contributed by atoms with Crippen molar-refractivity contribution >= 4 is 46.2 Å². The molecule has 0 heterocycles. The molecule has 2 aromatic rings. The van der Waals surface area contributed by atoms with Crippen molar-refractivity contribution in [2.24, 2.45) is 5.73 Å². The Hall–Kier alpha value is -2.11. The molecule has 0 unspecified atom stereocenters. The van der Waals surface area contributed by atoms with Gasteiger partial charge >= 0.3 is 0 Å². The molecule has 6 heteroatoms. The van der Waals surface area contributed by atoms with Crippen LogP contribution >= 0.6 is 23.8 Å². The van der Waals surface area contributed by atoms with Crippen LogP contribution in [0.3, 0.4) is 0 Å². The van der Waals surface area contributed by atoms with E-state index in [2.05, 4.69) is 10.6 Å². The Bertz CT molecular complexity index is 703. The summed E-state index contributed by atoms with van der Waals surface area (Å²) in [7, 11) is 0. The van der Waals surface area contributed by atoms with Gasteiger partial charge in [0.05, 0.1) is 0 Å². The molecule has 0 radical (unpaired) electrons. The number of rotatable bonds is 3. The maximum absolute atomic E-state index is 11.1. The molecule has 0 bridgehead atoms. The van der Waals surface area contributed by atoms with Crippen molar-refractivity contribution in [2.75, 3.05) is 10.6 Å². The second-order valence-corrected chi connectivity index (χ2v) is 5.25. The van der Waals surface area contributed by atoms with Gasteiger partial charge in [-0.2, -0.15) is 0 Å². The highest BCUT2D eigenvalue weighted by atomic mass is 35.5. The van der Waals surface area contributed by atoms with E-state index >= 15 is 0 Å². The molecule has 0 aliphatic rings. The third kappa shape index (κ3) is 3.93. The zero-order chi connectivity index (χ0) is 15.4. The number of carbonyl (C=O) groups excluding carboxylic acids is 1. The van der Waals surface area contributed by atoms with Gasteiger partial charge < -0.3 is 16.4 Å². The molecule has 1 amide bonds. The predicted molar refractivity (Wildman–Crippen MR) is 91.0 cm³/mol. The van der Waals surface area contributed by atoms with E-state index in [1.165, 1.54) is 0 Å². The summed E-state index contributed by atoms with van der Waals surface area (Å²) in [6.45, 7) is 1.90. The lowest BCUT2D eigenvalue weighted by Crippen LogP contribution is -2.20. The van der Waals surface area contributed by atoms with Crippen LogP contribution in [-0.4, -0.2) is 11.0 Å². The largest absolute Gasteiger partial charge is 0.366 e. The highest BCUT2D eigenvalue weighted by Crippen LogP contribution is 2.23. The van der Waals surface area contributed by atoms with Crippen LogP contribution in [0.5, 0.6) is 0 Å². The van der Waals surface area contributed by atoms with Crippen molar-refractivity contribution in [1.29, 1.82) is 0 Å². The maximum atomic E-state index is 11.1. The smallest absolute Gasteiger partial charge is 0.248 e. The number of halogens is 1. The average molecular weight is 320 g/mol. The van der Waals surface area contributed by atoms with Crippen LogP contribution in [-0.2, 0) is 0 Å². The Kier molecular flexibility index (Phi) is 4.77. The van der Waals surface area contributed by atoms with Crippen molar-refractivity contribution in [2.45, 2.75) is 6.92 Å². The number of benzene rings is 2. The van der Waals surface area contributed by atoms with Crippen LogP contribution in [0.15, 0.2) is 42.5 Å². The number of primary amides is 1. The van der Waals surface area contributed by atoms with E-state index in [1.807, 2.05) is 25.1 Å². The molecule has 21 heavy (non-hydrogen) atoms. The first kappa shape index (κ1) is 15.3. The van der Waals surface area contributed by atoms with Crippen molar-refractivity contribution in [1.82, 2.24) is 0 Å². The number of nitrogens with one attached hydrogen (secondary N) is 2. The van der Waals surface area contributed by atoms with E-state index in [4.69, 9.17) is 29.6 Å². The van der Waals surface area contributed by atoms with Crippen molar-refractivity contribution in [3.63, 3.8) is 0 Å². The number of nitrogens with two attached hydrogens (primary N) is 1. The monoisotopic (exact) mass is 319 g/mol. The summed E-state index contributed by atoms with van der Waals surface area (Å²) in [5.74, 6) is -0.483. The van der Waals surface area contributed by atoms with Crippen LogP contribution in [0.25, 0.3) is 0 Å². The number of amides is 1. The van der Waals surface area contributed by atoms with Crippen molar-refractivity contribution in [3.8, 4) is 0 Å². The van der Waals surface area contributed by atoms with Gasteiger partial charge in [-0.25, -0.2) is 0 Å². The first-order chi connectivity index (χ1) is 9.97. The Morgan fingerprint density at radius 2 is 1.90 bits per heavy atom. The fourth-order valence-corrected chi connectivity index (χ4v) is 2.18. The second kappa shape index (κ2) is 6.56. The van der Waals surface area contributed by atoms with E-state index in [9.17, 15) is 4.79 Å². The zero-order valence-corrected chi connectivity index (χ0v) is 12.9. The molecule has 0 atom stereocenters. The van der Waals surface area contributed by atoms with Gasteiger partial charge in [-0.3, -0.25) is 4.79 Å². The van der Waals surface area contributed by atoms with Gasteiger partial charge in [0.25, 0.3) is 0 Å². The average Bonchev–Trinajstić information content (AvgIpc) is 2.44. The first-order valence-corrected chi connectivity index (χ1v) is 6.99. The molecular formula is C15H14ClN3OS. The first-order valence-electron chi connectivity index (χ1n) is 6.20. The van der Waals surface area contributed by atoms with Crippen LogP contribution in [0.1, 0.15) is 15.9 Å². The standard InChI is InChI=1S/C15H14ClN3OS/c1-9-12(16)6-3-7-13(9)19-15(21)18-11-5-2-4-10(8-11)14(17)20/h2-8H,1H3,(H2,17,20)(H2,18,19,21). The summed E-state index contributed by atoms with van der Waals surface area (Å²) >= 11 is 11.3. The lowest BCUT2D eigenvalue weighted by molar-refractivity contribution is 0.100. The van der Waals surface area contributed by atoms with E-state index in [0.29, 0.717) is 21.4 Å². The Labute approximate surface area is 133 Å². The molecule has 4 N–H and O–H groups in total. The van der Waals surface area contributed by atoms with Gasteiger partial charge in [-0.15, -0.1) is 0 Å². The summed E-state index contributed by atoms with van der Waals surface area (Å²) in [5.41, 5.74) is 8.08. The lowest BCUT2D eigenvalue weighted by Gasteiger charge is -2.13. The summed E-state index contributed by atoms with van der Waals surface area (Å²) in [6, 6.07) is 12.4. The molecule has 4 nitrogen and oxygen atoms in total. The van der Waals surface area contributed by atoms with Gasteiger partial charge in [-0.05, 0) is 55.0 Å². The summed E-state index contributed by atoms with van der Waals surface area (Å²) in [6.07, 6.45) is 0. The molecule has 2 rings (SSSR count). The molecule has 0 aliphatic heterocycles. The maximum Gasteiger partial charge on any atom is 0.248 e. The quantitative estimate of drug-likeness (QED) is 0.757. The fourth-order valence-electron chi connectivity index (χ4n) is 1.78. The summed E-state index contributed by atoms with van der Waals surface area (Å²) in [4.78, 5) is 11.1. The molecule has 0 saturated heterocycles. The van der Waals surface area contributed by atoms with Crippen LogP contribution in [0, 0.1) is 6.92 Å². The number of hydrogen-bond donors (Lipinski definition) is 3. The number of carbonyl (C=O) groups is 1. The summed E-state index contributed by atoms with van der Waals surface area (Å²) in [5, 5.41) is 7.14. The fraction of sp³-hybridized carbons (Fsp3) is 0.0667. The molecule has 108 valence electrons. The molecule has 2 aromatic carbocycles. The number of thiocarbonyl (C=S) groups is 1. The van der Waals surface area contributed by atoms with E-state index in [0.717, 1.165) is 11.3 Å². The SMILES string of the molecule is Cc1c(Cl)cccc1NC(=S)Nc1cccc(C(N)=O)c1. The Balaban J connectivity index is 2.10. The highest BCUT2D eigenvalue weighted by molar-refractivity contribution is 7.80. The molecular weight excluding hydrogens is 306 g/mol. The van der Waals surface area contributed by atoms with Crippen LogP contribution in [0.4, 0.5) is 11.4 Å². The normalized spacial score (nSPS) is 10.0. The molecule has 0 aliphatic carbocycles. The van der Waals surface area contributed by atoms with Crippen LogP contribution < -0.4 is 16.4 Å². The van der Waals surface area contributed by atoms with E-state index < -0.39 is 5.91 Å². The van der Waals surface area contributed by atoms with Crippen molar-refractivity contribution in [3.05, 3.63) is 58.6 Å². The highest BCUT2D eigenvalue weighted by Gasteiger charge is 2.06. The zero-order valence-electron chi connectivity index (χ0n) is 11.3. The van der Waals surface area contributed by atoms with E-state index in [-0.39, 0.29) is 0 Å². The molecule has 0 fully saturated rings. The number of anilines is 2. The number of hydrogen-bond acceptors (Lipinski definition) is 2. The van der Waals surface area contributed by atoms with Gasteiger partial charge in [0.15, 0.2) is 5.11 Å². The van der Waals surface area contributed by atoms with Gasteiger partial charge in [0, 0.05) is 22.0 Å². The summed E-state index contributed by atoms with van der Waals surface area (Å²) < 4.78 is 0.